The van der Waals surface area contributed by atoms with Gasteiger partial charge in [0.15, 0.2) is 14.6 Å². The third-order valence-corrected chi connectivity index (χ3v) is 8.16. The van der Waals surface area contributed by atoms with Gasteiger partial charge in [-0.2, -0.15) is 4.99 Å². The molecular weight excluding hydrogens is 440 g/mol. The largest absolute Gasteiger partial charge is 0.383 e. The molecule has 9 heteroatoms. The Bertz CT molecular complexity index is 1210. The lowest BCUT2D eigenvalue weighted by Gasteiger charge is -2.05. The second kappa shape index (κ2) is 9.91. The Hall–Kier alpha value is -1.94. The van der Waals surface area contributed by atoms with Crippen molar-refractivity contribution >= 4 is 49.1 Å². The van der Waals surface area contributed by atoms with Gasteiger partial charge in [0.2, 0.25) is 0 Å². The summed E-state index contributed by atoms with van der Waals surface area (Å²) in [5, 5.41) is 0. The van der Waals surface area contributed by atoms with Crippen molar-refractivity contribution < 1.29 is 17.9 Å². The molecule has 0 bridgehead atoms. The third kappa shape index (κ3) is 5.21. The Morgan fingerprint density at radius 3 is 2.57 bits per heavy atom. The summed E-state index contributed by atoms with van der Waals surface area (Å²) in [6.07, 6.45) is 2.14. The van der Waals surface area contributed by atoms with Crippen molar-refractivity contribution in [1.82, 2.24) is 4.57 Å². The molecule has 3 rings (SSSR count). The van der Waals surface area contributed by atoms with Crippen LogP contribution in [0, 0.1) is 0 Å². The SMILES string of the molecule is CCS(=O)(=O)c1ccc(CC(=O)N=c2sc3cc(SC)ccc3n2CCOC)cc1. The number of nitrogens with zero attached hydrogens (tertiary/aromatic N) is 2. The van der Waals surface area contributed by atoms with E-state index in [1.807, 2.05) is 16.9 Å². The standard InChI is InChI=1S/C21H24N2O4S3/c1-4-30(25,26)17-8-5-15(6-9-17)13-20(24)22-21-23(11-12-27-2)18-10-7-16(28-3)14-19(18)29-21/h5-10,14H,4,11-13H2,1-3H3. The molecule has 0 saturated heterocycles. The lowest BCUT2D eigenvalue weighted by molar-refractivity contribution is -0.117. The van der Waals surface area contributed by atoms with Crippen LogP contribution in [0.4, 0.5) is 0 Å². The highest BCUT2D eigenvalue weighted by Gasteiger charge is 2.12. The summed E-state index contributed by atoms with van der Waals surface area (Å²) in [6.45, 7) is 2.73. The first kappa shape index (κ1) is 22.7. The quantitative estimate of drug-likeness (QED) is 0.477. The molecule has 0 aliphatic heterocycles. The Kier molecular flexibility index (Phi) is 7.51. The van der Waals surface area contributed by atoms with Gasteiger partial charge in [0.05, 0.1) is 33.9 Å². The zero-order chi connectivity index (χ0) is 21.7. The molecule has 0 aliphatic carbocycles. The van der Waals surface area contributed by atoms with Crippen LogP contribution < -0.4 is 4.80 Å². The van der Waals surface area contributed by atoms with E-state index in [0.717, 1.165) is 20.7 Å². The number of ether oxygens (including phenoxy) is 1. The van der Waals surface area contributed by atoms with E-state index >= 15 is 0 Å². The first-order valence-electron chi connectivity index (χ1n) is 9.43. The van der Waals surface area contributed by atoms with Crippen LogP contribution in [0.2, 0.25) is 0 Å². The smallest absolute Gasteiger partial charge is 0.252 e. The highest BCUT2D eigenvalue weighted by Crippen LogP contribution is 2.24. The van der Waals surface area contributed by atoms with E-state index in [1.54, 1.807) is 50.1 Å². The molecule has 0 spiro atoms. The van der Waals surface area contributed by atoms with E-state index in [2.05, 4.69) is 17.1 Å². The molecule has 1 heterocycles. The number of hydrogen-bond acceptors (Lipinski definition) is 6. The summed E-state index contributed by atoms with van der Waals surface area (Å²) < 4.78 is 32.2. The predicted octanol–water partition coefficient (Wildman–Crippen LogP) is 3.53. The number of rotatable bonds is 8. The Balaban J connectivity index is 1.90. The zero-order valence-electron chi connectivity index (χ0n) is 17.1. The van der Waals surface area contributed by atoms with Gasteiger partial charge in [-0.15, -0.1) is 11.8 Å². The van der Waals surface area contributed by atoms with Crippen molar-refractivity contribution in [2.24, 2.45) is 4.99 Å². The average molecular weight is 465 g/mol. The Labute approximate surface area is 184 Å². The lowest BCUT2D eigenvalue weighted by Crippen LogP contribution is -2.19. The van der Waals surface area contributed by atoms with Crippen molar-refractivity contribution in [3.8, 4) is 0 Å². The monoisotopic (exact) mass is 464 g/mol. The third-order valence-electron chi connectivity index (χ3n) is 4.65. The predicted molar refractivity (Wildman–Crippen MR) is 122 cm³/mol. The number of thiazole rings is 1. The van der Waals surface area contributed by atoms with Crippen LogP contribution in [0.1, 0.15) is 12.5 Å². The van der Waals surface area contributed by atoms with Gasteiger partial charge in [-0.3, -0.25) is 4.79 Å². The molecule has 0 aliphatic rings. The molecule has 0 radical (unpaired) electrons. The number of carbonyl (C=O) groups is 1. The molecule has 6 nitrogen and oxygen atoms in total. The maximum Gasteiger partial charge on any atom is 0.252 e. The van der Waals surface area contributed by atoms with Gasteiger partial charge in [-0.05, 0) is 42.2 Å². The van der Waals surface area contributed by atoms with Gasteiger partial charge in [-0.1, -0.05) is 30.4 Å². The number of benzene rings is 2. The van der Waals surface area contributed by atoms with Crippen LogP contribution in [0.3, 0.4) is 0 Å². The molecule has 30 heavy (non-hydrogen) atoms. The number of thioether (sulfide) groups is 1. The van der Waals surface area contributed by atoms with E-state index in [9.17, 15) is 13.2 Å². The van der Waals surface area contributed by atoms with E-state index in [1.165, 1.54) is 11.3 Å². The Morgan fingerprint density at radius 2 is 1.93 bits per heavy atom. The Morgan fingerprint density at radius 1 is 1.20 bits per heavy atom. The van der Waals surface area contributed by atoms with Gasteiger partial charge in [-0.25, -0.2) is 8.42 Å². The molecular formula is C21H24N2O4S3. The minimum absolute atomic E-state index is 0.0479. The second-order valence-electron chi connectivity index (χ2n) is 6.59. The molecule has 1 aromatic heterocycles. The first-order chi connectivity index (χ1) is 14.4. The van der Waals surface area contributed by atoms with Crippen LogP contribution in [-0.4, -0.2) is 44.6 Å². The minimum atomic E-state index is -3.25. The normalized spacial score (nSPS) is 12.6. The average Bonchev–Trinajstić information content (AvgIpc) is 3.08. The van der Waals surface area contributed by atoms with E-state index in [0.29, 0.717) is 18.0 Å². The fourth-order valence-electron chi connectivity index (χ4n) is 2.97. The number of aromatic nitrogens is 1. The van der Waals surface area contributed by atoms with Gasteiger partial charge >= 0.3 is 0 Å². The number of hydrogen-bond donors (Lipinski definition) is 0. The molecule has 1 amide bonds. The van der Waals surface area contributed by atoms with Crippen molar-refractivity contribution in [3.63, 3.8) is 0 Å². The summed E-state index contributed by atoms with van der Waals surface area (Å²) in [4.78, 5) is 19.0. The molecule has 0 saturated carbocycles. The van der Waals surface area contributed by atoms with E-state index < -0.39 is 9.84 Å². The fourth-order valence-corrected chi connectivity index (χ4v) is 5.48. The second-order valence-corrected chi connectivity index (χ2v) is 10.8. The minimum Gasteiger partial charge on any atom is -0.383 e. The van der Waals surface area contributed by atoms with Gasteiger partial charge in [0.1, 0.15) is 0 Å². The summed E-state index contributed by atoms with van der Waals surface area (Å²) in [6, 6.07) is 12.6. The molecule has 0 atom stereocenters. The van der Waals surface area contributed by atoms with Crippen LogP contribution in [0.15, 0.2) is 57.2 Å². The highest BCUT2D eigenvalue weighted by molar-refractivity contribution is 7.98. The lowest BCUT2D eigenvalue weighted by atomic mass is 10.1. The van der Waals surface area contributed by atoms with Crippen LogP contribution in [0.5, 0.6) is 0 Å². The number of amides is 1. The van der Waals surface area contributed by atoms with Gasteiger partial charge in [0.25, 0.3) is 5.91 Å². The van der Waals surface area contributed by atoms with Crippen LogP contribution in [-0.2, 0) is 32.3 Å². The molecule has 3 aromatic rings. The molecule has 0 fully saturated rings. The van der Waals surface area contributed by atoms with Gasteiger partial charge < -0.3 is 9.30 Å². The summed E-state index contributed by atoms with van der Waals surface area (Å²) in [5.74, 6) is -0.226. The molecule has 0 unspecified atom stereocenters. The zero-order valence-corrected chi connectivity index (χ0v) is 19.6. The maximum absolute atomic E-state index is 12.6. The highest BCUT2D eigenvalue weighted by atomic mass is 32.2. The first-order valence-corrected chi connectivity index (χ1v) is 13.1. The number of sulfone groups is 1. The number of methoxy groups -OCH3 is 1. The molecule has 0 N–H and O–H groups in total. The number of fused-ring (bicyclic) bond motifs is 1. The van der Waals surface area contributed by atoms with Crippen LogP contribution >= 0.6 is 23.1 Å². The number of carbonyl (C=O) groups excluding carboxylic acids is 1. The topological polar surface area (TPSA) is 77.7 Å². The summed E-state index contributed by atoms with van der Waals surface area (Å²) in [7, 11) is -1.61. The molecule has 160 valence electrons. The summed E-state index contributed by atoms with van der Waals surface area (Å²) >= 11 is 3.15. The summed E-state index contributed by atoms with van der Waals surface area (Å²) in [5.41, 5.74) is 1.75. The van der Waals surface area contributed by atoms with E-state index in [-0.39, 0.29) is 23.0 Å². The van der Waals surface area contributed by atoms with Crippen LogP contribution in [0.25, 0.3) is 10.2 Å². The maximum atomic E-state index is 12.6. The fraction of sp³-hybridized carbons (Fsp3) is 0.333. The van der Waals surface area contributed by atoms with Crippen molar-refractivity contribution in [1.29, 1.82) is 0 Å². The van der Waals surface area contributed by atoms with E-state index in [4.69, 9.17) is 4.74 Å². The van der Waals surface area contributed by atoms with Gasteiger partial charge in [0, 0.05) is 18.6 Å². The van der Waals surface area contributed by atoms with Crippen molar-refractivity contribution in [3.05, 3.63) is 52.8 Å². The van der Waals surface area contributed by atoms with Crippen molar-refractivity contribution in [2.45, 2.75) is 29.7 Å². The van der Waals surface area contributed by atoms with Crippen molar-refractivity contribution in [2.75, 3.05) is 25.7 Å². The molecule has 2 aromatic carbocycles.